The van der Waals surface area contributed by atoms with Gasteiger partial charge >= 0.3 is 5.69 Å². The second kappa shape index (κ2) is 10.1. The van der Waals surface area contributed by atoms with Crippen molar-refractivity contribution in [2.75, 3.05) is 13.2 Å². The van der Waals surface area contributed by atoms with Gasteiger partial charge in [-0.3, -0.25) is 14.3 Å². The summed E-state index contributed by atoms with van der Waals surface area (Å²) in [5.74, 6) is 0.522. The van der Waals surface area contributed by atoms with E-state index in [0.29, 0.717) is 34.7 Å². The molecule has 0 amide bonds. The molecule has 2 rings (SSSR count). The van der Waals surface area contributed by atoms with Crippen molar-refractivity contribution in [3.63, 3.8) is 0 Å². The van der Waals surface area contributed by atoms with E-state index in [4.69, 9.17) is 9.16 Å². The van der Waals surface area contributed by atoms with Gasteiger partial charge in [0.25, 0.3) is 5.56 Å². The maximum absolute atomic E-state index is 12.4. The Kier molecular flexibility index (Phi) is 8.26. The maximum atomic E-state index is 12.4. The SMILES string of the molecule is Cc1c(Sc2ccccn2)n(COCCO[Si](C)(C)C(C)(C)C(C)C)c(=O)[nH]c1=O. The van der Waals surface area contributed by atoms with Crippen molar-refractivity contribution in [3.05, 3.63) is 50.8 Å². The summed E-state index contributed by atoms with van der Waals surface area (Å²) in [7, 11) is -1.92. The molecule has 0 aliphatic rings. The highest BCUT2D eigenvalue weighted by Crippen LogP contribution is 2.44. The Bertz CT molecular complexity index is 955. The monoisotopic (exact) mass is 451 g/mol. The highest BCUT2D eigenvalue weighted by atomic mass is 32.2. The van der Waals surface area contributed by atoms with Gasteiger partial charge in [0.05, 0.1) is 18.2 Å². The Morgan fingerprint density at radius 1 is 1.23 bits per heavy atom. The molecule has 2 aromatic heterocycles. The normalized spacial score (nSPS) is 12.5. The summed E-state index contributed by atoms with van der Waals surface area (Å²) in [4.78, 5) is 31.1. The summed E-state index contributed by atoms with van der Waals surface area (Å²) >= 11 is 1.27. The molecule has 0 aliphatic heterocycles. The fraction of sp³-hybridized carbons (Fsp3) is 0.571. The number of ether oxygens (including phenoxy) is 1. The number of aromatic nitrogens is 3. The van der Waals surface area contributed by atoms with E-state index < -0.39 is 19.6 Å². The van der Waals surface area contributed by atoms with Crippen molar-refractivity contribution in [3.8, 4) is 0 Å². The zero-order valence-corrected chi connectivity index (χ0v) is 20.8. The minimum atomic E-state index is -1.92. The number of pyridine rings is 1. The summed E-state index contributed by atoms with van der Waals surface area (Å²) in [6, 6.07) is 5.51. The van der Waals surface area contributed by atoms with E-state index in [1.807, 2.05) is 18.2 Å². The van der Waals surface area contributed by atoms with Gasteiger partial charge in [-0.1, -0.05) is 45.5 Å². The lowest BCUT2D eigenvalue weighted by molar-refractivity contribution is 0.0429. The molecule has 166 valence electrons. The smallest absolute Gasteiger partial charge is 0.331 e. The number of H-pyrrole nitrogens is 1. The van der Waals surface area contributed by atoms with Crippen LogP contribution in [0.1, 0.15) is 33.3 Å². The zero-order valence-electron chi connectivity index (χ0n) is 18.9. The summed E-state index contributed by atoms with van der Waals surface area (Å²) in [6.07, 6.45) is 1.67. The van der Waals surface area contributed by atoms with E-state index in [1.165, 1.54) is 16.3 Å². The Morgan fingerprint density at radius 3 is 2.53 bits per heavy atom. The van der Waals surface area contributed by atoms with Gasteiger partial charge in [0.1, 0.15) is 11.8 Å². The lowest BCUT2D eigenvalue weighted by atomic mass is 9.99. The second-order valence-corrected chi connectivity index (χ2v) is 14.3. The van der Waals surface area contributed by atoms with Gasteiger partial charge in [0, 0.05) is 11.8 Å². The quantitative estimate of drug-likeness (QED) is 0.333. The van der Waals surface area contributed by atoms with E-state index in [1.54, 1.807) is 13.1 Å². The van der Waals surface area contributed by atoms with Gasteiger partial charge < -0.3 is 9.16 Å². The minimum Gasteiger partial charge on any atom is -0.414 e. The lowest BCUT2D eigenvalue weighted by Crippen LogP contribution is -2.45. The first-order chi connectivity index (χ1) is 14.0. The molecule has 0 aliphatic carbocycles. The first kappa shape index (κ1) is 24.6. The molecule has 0 spiro atoms. The summed E-state index contributed by atoms with van der Waals surface area (Å²) in [5, 5.41) is 1.36. The van der Waals surface area contributed by atoms with Crippen molar-refractivity contribution in [1.82, 2.24) is 14.5 Å². The van der Waals surface area contributed by atoms with Crippen LogP contribution < -0.4 is 11.2 Å². The van der Waals surface area contributed by atoms with Crippen molar-refractivity contribution in [1.29, 1.82) is 0 Å². The summed E-state index contributed by atoms with van der Waals surface area (Å²) in [5.41, 5.74) is -0.445. The van der Waals surface area contributed by atoms with Crippen molar-refractivity contribution < 1.29 is 9.16 Å². The third kappa shape index (κ3) is 5.72. The predicted octanol–water partition coefficient (Wildman–Crippen LogP) is 4.02. The number of hydrogen-bond donors (Lipinski definition) is 1. The van der Waals surface area contributed by atoms with Crippen LogP contribution in [0.25, 0.3) is 0 Å². The molecule has 0 unspecified atom stereocenters. The van der Waals surface area contributed by atoms with Gasteiger partial charge in [-0.25, -0.2) is 9.78 Å². The van der Waals surface area contributed by atoms with Gasteiger partial charge in [-0.05, 0) is 43.1 Å². The number of aromatic amines is 1. The number of rotatable bonds is 10. The highest BCUT2D eigenvalue weighted by Gasteiger charge is 2.43. The minimum absolute atomic E-state index is 0.0323. The Balaban J connectivity index is 2.06. The van der Waals surface area contributed by atoms with Crippen molar-refractivity contribution in [2.24, 2.45) is 5.92 Å². The van der Waals surface area contributed by atoms with Crippen LogP contribution in [0, 0.1) is 12.8 Å². The zero-order chi connectivity index (χ0) is 22.5. The largest absolute Gasteiger partial charge is 0.414 e. The molecule has 2 heterocycles. The highest BCUT2D eigenvalue weighted by molar-refractivity contribution is 7.99. The van der Waals surface area contributed by atoms with Crippen LogP contribution in [-0.4, -0.2) is 36.1 Å². The topological polar surface area (TPSA) is 86.2 Å². The van der Waals surface area contributed by atoms with E-state index in [0.717, 1.165) is 0 Å². The fourth-order valence-electron chi connectivity index (χ4n) is 2.80. The van der Waals surface area contributed by atoms with Crippen LogP contribution in [0.15, 0.2) is 44.0 Å². The van der Waals surface area contributed by atoms with Crippen LogP contribution in [0.5, 0.6) is 0 Å². The summed E-state index contributed by atoms with van der Waals surface area (Å²) in [6.45, 7) is 16.0. The maximum Gasteiger partial charge on any atom is 0.331 e. The third-order valence-corrected chi connectivity index (χ3v) is 11.9. The number of hydrogen-bond acceptors (Lipinski definition) is 6. The number of nitrogens with zero attached hydrogens (tertiary/aromatic N) is 2. The van der Waals surface area contributed by atoms with Crippen LogP contribution in [0.3, 0.4) is 0 Å². The van der Waals surface area contributed by atoms with Gasteiger partial charge in [0.15, 0.2) is 8.32 Å². The Labute approximate surface area is 183 Å². The van der Waals surface area contributed by atoms with Crippen LogP contribution in [-0.2, 0) is 15.9 Å². The van der Waals surface area contributed by atoms with Gasteiger partial charge in [-0.15, -0.1) is 0 Å². The average Bonchev–Trinajstić information content (AvgIpc) is 2.68. The van der Waals surface area contributed by atoms with E-state index in [-0.39, 0.29) is 11.8 Å². The first-order valence-corrected chi connectivity index (χ1v) is 13.8. The fourth-order valence-corrected chi connectivity index (χ4v) is 6.10. The molecular formula is C21H33N3O4SSi. The molecule has 2 aromatic rings. The van der Waals surface area contributed by atoms with Gasteiger partial charge in [-0.2, -0.15) is 0 Å². The molecule has 0 atom stereocenters. The van der Waals surface area contributed by atoms with Gasteiger partial charge in [0.2, 0.25) is 0 Å². The molecule has 0 radical (unpaired) electrons. The van der Waals surface area contributed by atoms with Crippen LogP contribution in [0.4, 0.5) is 0 Å². The van der Waals surface area contributed by atoms with E-state index in [9.17, 15) is 9.59 Å². The number of nitrogens with one attached hydrogen (secondary N) is 1. The third-order valence-electron chi connectivity index (χ3n) is 6.12. The molecule has 0 bridgehead atoms. The molecule has 0 aromatic carbocycles. The van der Waals surface area contributed by atoms with E-state index >= 15 is 0 Å². The lowest BCUT2D eigenvalue weighted by Gasteiger charge is -2.42. The molecule has 7 nitrogen and oxygen atoms in total. The Morgan fingerprint density at radius 2 is 1.93 bits per heavy atom. The molecule has 0 saturated heterocycles. The second-order valence-electron chi connectivity index (χ2n) is 8.66. The van der Waals surface area contributed by atoms with Crippen LogP contribution >= 0.6 is 11.8 Å². The molecule has 9 heteroatoms. The average molecular weight is 452 g/mol. The Hall–Kier alpha value is -1.68. The molecule has 0 saturated carbocycles. The van der Waals surface area contributed by atoms with Crippen molar-refractivity contribution in [2.45, 2.75) is 69.5 Å². The van der Waals surface area contributed by atoms with E-state index in [2.05, 4.69) is 50.8 Å². The van der Waals surface area contributed by atoms with Crippen molar-refractivity contribution >= 4 is 20.1 Å². The molecule has 1 N–H and O–H groups in total. The summed E-state index contributed by atoms with van der Waals surface area (Å²) < 4.78 is 13.4. The predicted molar refractivity (Wildman–Crippen MR) is 123 cm³/mol. The first-order valence-electron chi connectivity index (χ1n) is 10.1. The standard InChI is InChI=1S/C21H33N3O4SSi/c1-15(2)21(4,5)30(6,7)28-13-12-27-14-24-19(16(3)18(25)23-20(24)26)29-17-10-8-9-11-22-17/h8-11,15H,12-14H2,1-7H3,(H,23,25,26). The molecular weight excluding hydrogens is 418 g/mol. The molecule has 30 heavy (non-hydrogen) atoms. The molecule has 0 fully saturated rings. The van der Waals surface area contributed by atoms with Crippen LogP contribution in [0.2, 0.25) is 18.1 Å².